The van der Waals surface area contributed by atoms with E-state index >= 15 is 4.39 Å². The van der Waals surface area contributed by atoms with Gasteiger partial charge in [-0.3, -0.25) is 14.9 Å². The second-order valence-electron chi connectivity index (χ2n) is 10.2. The molecule has 0 saturated carbocycles. The summed E-state index contributed by atoms with van der Waals surface area (Å²) < 4.78 is 70.4. The van der Waals surface area contributed by atoms with Gasteiger partial charge in [-0.05, 0) is 59.5 Å². The molecule has 0 radical (unpaired) electrons. The smallest absolute Gasteiger partial charge is 0.317 e. The van der Waals surface area contributed by atoms with Gasteiger partial charge in [0.1, 0.15) is 4.90 Å². The van der Waals surface area contributed by atoms with Crippen LogP contribution in [0.5, 0.6) is 0 Å². The van der Waals surface area contributed by atoms with Crippen LogP contribution < -0.4 is 10.2 Å². The van der Waals surface area contributed by atoms with Gasteiger partial charge in [-0.15, -0.1) is 0 Å². The molecule has 0 bridgehead atoms. The lowest BCUT2D eigenvalue weighted by atomic mass is 10.0. The number of carboxylic acids is 1. The number of rotatable bonds is 8. The van der Waals surface area contributed by atoms with Gasteiger partial charge in [0, 0.05) is 23.4 Å². The highest BCUT2D eigenvalue weighted by Crippen LogP contribution is 2.40. The predicted molar refractivity (Wildman–Crippen MR) is 161 cm³/mol. The Labute approximate surface area is 252 Å². The number of nitrogens with one attached hydrogen (secondary N) is 1. The van der Waals surface area contributed by atoms with Crippen molar-refractivity contribution in [2.24, 2.45) is 0 Å². The molecule has 1 unspecified atom stereocenters. The Bertz CT molecular complexity index is 1990. The molecular weight excluding hydrogens is 619 g/mol. The molecule has 0 aliphatic carbocycles. The highest BCUT2D eigenvalue weighted by molar-refractivity contribution is 7.93. The van der Waals surface area contributed by atoms with Crippen molar-refractivity contribution >= 4 is 59.6 Å². The number of hydrogen-bond donors (Lipinski definition) is 2. The van der Waals surface area contributed by atoms with Gasteiger partial charge < -0.3 is 10.0 Å². The third kappa shape index (κ3) is 5.51. The molecule has 224 valence electrons. The molecule has 1 aliphatic rings. The number of carbonyl (C=O) groups is 2. The minimum atomic E-state index is -4.65. The number of anilines is 1. The molecule has 1 heterocycles. The summed E-state index contributed by atoms with van der Waals surface area (Å²) in [6.45, 7) is -1.02. The van der Waals surface area contributed by atoms with Crippen LogP contribution in [0.1, 0.15) is 12.8 Å². The van der Waals surface area contributed by atoms with Gasteiger partial charge >= 0.3 is 5.97 Å². The lowest BCUT2D eigenvalue weighted by Gasteiger charge is -2.41. The van der Waals surface area contributed by atoms with Crippen molar-refractivity contribution in [3.05, 3.63) is 89.7 Å². The zero-order valence-corrected chi connectivity index (χ0v) is 25.1. The summed E-state index contributed by atoms with van der Waals surface area (Å²) in [4.78, 5) is 23.3. The van der Waals surface area contributed by atoms with Gasteiger partial charge in [-0.1, -0.05) is 60.1 Å². The molecule has 9 nitrogen and oxygen atoms in total. The summed E-state index contributed by atoms with van der Waals surface area (Å²) in [5.74, 6) is -3.75. The van der Waals surface area contributed by atoms with Gasteiger partial charge in [0.25, 0.3) is 5.91 Å². The van der Waals surface area contributed by atoms with Crippen LogP contribution in [-0.2, 0) is 29.3 Å². The fraction of sp³-hybridized carbons (Fsp3) is 0.200. The maximum atomic E-state index is 16.2. The number of carbonyl (C=O) groups excluding carboxylic acids is 1. The molecule has 1 aliphatic heterocycles. The zero-order valence-electron chi connectivity index (χ0n) is 22.8. The standard InChI is InChI=1S/C30H26ClFN2O7S2/c1-42(38,39)28-24(19-6-3-2-4-7-19)12-13-25(27(28)32)34-15-5-14-30(29(34)37,33-18-26(35)36)43(40,41)23-11-9-20-16-22(31)10-8-21(20)17-23/h2-4,6-13,16-17,33H,5,14-15,18H2,1H3,(H,35,36). The molecule has 1 saturated heterocycles. The summed E-state index contributed by atoms with van der Waals surface area (Å²) in [5.41, 5.74) is 0.0682. The Morgan fingerprint density at radius 1 is 1.00 bits per heavy atom. The van der Waals surface area contributed by atoms with E-state index in [-0.39, 0.29) is 29.8 Å². The van der Waals surface area contributed by atoms with Crippen LogP contribution in [0.4, 0.5) is 10.1 Å². The normalized spacial score (nSPS) is 17.7. The molecule has 1 amide bonds. The van der Waals surface area contributed by atoms with Gasteiger partial charge in [-0.2, -0.15) is 0 Å². The first-order valence-electron chi connectivity index (χ1n) is 13.1. The molecular formula is C30H26ClFN2O7S2. The van der Waals surface area contributed by atoms with E-state index in [1.54, 1.807) is 48.5 Å². The fourth-order valence-electron chi connectivity index (χ4n) is 5.39. The Morgan fingerprint density at radius 3 is 2.35 bits per heavy atom. The molecule has 43 heavy (non-hydrogen) atoms. The first-order chi connectivity index (χ1) is 20.3. The Kier molecular flexibility index (Phi) is 8.07. The number of halogens is 2. The zero-order chi connectivity index (χ0) is 31.2. The fourth-order valence-corrected chi connectivity index (χ4v) is 8.54. The third-order valence-electron chi connectivity index (χ3n) is 7.39. The molecule has 1 atom stereocenters. The highest BCUT2D eigenvalue weighted by Gasteiger charge is 2.55. The van der Waals surface area contributed by atoms with E-state index in [0.29, 0.717) is 21.4 Å². The number of aliphatic carboxylic acids is 1. The lowest BCUT2D eigenvalue weighted by Crippen LogP contribution is -2.66. The van der Waals surface area contributed by atoms with Gasteiger partial charge in [-0.25, -0.2) is 21.2 Å². The maximum absolute atomic E-state index is 16.2. The van der Waals surface area contributed by atoms with Crippen LogP contribution in [0, 0.1) is 5.82 Å². The van der Waals surface area contributed by atoms with Crippen molar-refractivity contribution < 1.29 is 35.9 Å². The van der Waals surface area contributed by atoms with Crippen molar-refractivity contribution in [3.63, 3.8) is 0 Å². The number of piperidine rings is 1. The highest BCUT2D eigenvalue weighted by atomic mass is 35.5. The van der Waals surface area contributed by atoms with Crippen molar-refractivity contribution in [2.75, 3.05) is 24.2 Å². The van der Waals surface area contributed by atoms with Gasteiger partial charge in [0.15, 0.2) is 15.7 Å². The summed E-state index contributed by atoms with van der Waals surface area (Å²) in [6.07, 6.45) is 0.573. The molecule has 0 spiro atoms. The first kappa shape index (κ1) is 30.6. The number of hydrogen-bond acceptors (Lipinski definition) is 7. The van der Waals surface area contributed by atoms with Crippen molar-refractivity contribution in [3.8, 4) is 11.1 Å². The van der Waals surface area contributed by atoms with E-state index < -0.39 is 59.4 Å². The number of nitrogens with zero attached hydrogens (tertiary/aromatic N) is 1. The summed E-state index contributed by atoms with van der Waals surface area (Å²) in [6, 6.07) is 19.8. The molecule has 1 fully saturated rings. The van der Waals surface area contributed by atoms with Crippen LogP contribution in [-0.4, -0.2) is 58.0 Å². The number of carboxylic acid groups (broad SMARTS) is 1. The van der Waals surface area contributed by atoms with Crippen LogP contribution in [0.15, 0.2) is 88.7 Å². The molecule has 2 N–H and O–H groups in total. The van der Waals surface area contributed by atoms with Gasteiger partial charge in [0.05, 0.1) is 17.1 Å². The Morgan fingerprint density at radius 2 is 1.67 bits per heavy atom. The van der Waals surface area contributed by atoms with Gasteiger partial charge in [0.2, 0.25) is 14.7 Å². The number of sulfone groups is 2. The second kappa shape index (κ2) is 11.3. The van der Waals surface area contributed by atoms with E-state index in [4.69, 9.17) is 11.6 Å². The van der Waals surface area contributed by atoms with Crippen molar-refractivity contribution in [1.82, 2.24) is 5.32 Å². The summed E-state index contributed by atoms with van der Waals surface area (Å²) in [7, 11) is -8.82. The molecule has 0 aromatic heterocycles. The largest absolute Gasteiger partial charge is 0.480 e. The Hall–Kier alpha value is -3.84. The third-order valence-corrected chi connectivity index (χ3v) is 11.1. The van der Waals surface area contributed by atoms with E-state index in [2.05, 4.69) is 5.32 Å². The predicted octanol–water partition coefficient (Wildman–Crippen LogP) is 4.67. The van der Waals surface area contributed by atoms with Crippen LogP contribution in [0.25, 0.3) is 21.9 Å². The summed E-state index contributed by atoms with van der Waals surface area (Å²) >= 11 is 6.05. The van der Waals surface area contributed by atoms with Crippen molar-refractivity contribution in [2.45, 2.75) is 27.5 Å². The van der Waals surface area contributed by atoms with E-state index in [9.17, 15) is 31.5 Å². The monoisotopic (exact) mass is 644 g/mol. The van der Waals surface area contributed by atoms with Crippen LogP contribution >= 0.6 is 11.6 Å². The average molecular weight is 645 g/mol. The average Bonchev–Trinajstić information content (AvgIpc) is 2.96. The lowest BCUT2D eigenvalue weighted by molar-refractivity contribution is -0.136. The van der Waals surface area contributed by atoms with Crippen LogP contribution in [0.2, 0.25) is 5.02 Å². The first-order valence-corrected chi connectivity index (χ1v) is 16.8. The molecule has 13 heteroatoms. The Balaban J connectivity index is 1.66. The van der Waals surface area contributed by atoms with E-state index in [1.807, 2.05) is 0 Å². The number of amides is 1. The molecule has 4 aromatic carbocycles. The SMILES string of the molecule is CS(=O)(=O)c1c(-c2ccccc2)ccc(N2CCCC(NCC(=O)O)(S(=O)(=O)c3ccc4cc(Cl)ccc4c3)C2=O)c1F. The maximum Gasteiger partial charge on any atom is 0.317 e. The molecule has 5 rings (SSSR count). The quantitative estimate of drug-likeness (QED) is 0.282. The molecule has 4 aromatic rings. The van der Waals surface area contributed by atoms with Crippen molar-refractivity contribution in [1.29, 1.82) is 0 Å². The topological polar surface area (TPSA) is 138 Å². The van der Waals surface area contributed by atoms with Crippen LogP contribution in [0.3, 0.4) is 0 Å². The number of fused-ring (bicyclic) bond motifs is 1. The van der Waals surface area contributed by atoms with E-state index in [0.717, 1.165) is 11.2 Å². The minimum Gasteiger partial charge on any atom is -0.480 e. The van der Waals surface area contributed by atoms with E-state index in [1.165, 1.54) is 30.3 Å². The number of benzene rings is 4. The summed E-state index contributed by atoms with van der Waals surface area (Å²) in [5, 5.41) is 13.5. The minimum absolute atomic E-state index is 0.0366. The second-order valence-corrected chi connectivity index (χ2v) is 14.8.